The Kier molecular flexibility index (Phi) is 7.81. The van der Waals surface area contributed by atoms with Crippen LogP contribution in [0.5, 0.6) is 11.5 Å². The van der Waals surface area contributed by atoms with Crippen molar-refractivity contribution < 1.29 is 35.4 Å². The van der Waals surface area contributed by atoms with Gasteiger partial charge in [-0.25, -0.2) is 0 Å². The maximum Gasteiger partial charge on any atom is 0.268 e. The van der Waals surface area contributed by atoms with Crippen LogP contribution < -0.4 is 9.47 Å². The molecule has 0 aromatic heterocycles. The van der Waals surface area contributed by atoms with Crippen LogP contribution in [0.3, 0.4) is 0 Å². The van der Waals surface area contributed by atoms with E-state index in [0.29, 0.717) is 11.5 Å². The van der Waals surface area contributed by atoms with E-state index < -0.39 is 31.7 Å². The molecule has 1 saturated carbocycles. The molecule has 0 radical (unpaired) electrons. The molecule has 176 valence electrons. The lowest BCUT2D eigenvalue weighted by molar-refractivity contribution is 0.330. The summed E-state index contributed by atoms with van der Waals surface area (Å²) in [6, 6.07) is 15.2. The van der Waals surface area contributed by atoms with Crippen molar-refractivity contribution in [2.45, 2.75) is 37.5 Å². The lowest BCUT2D eigenvalue weighted by Crippen LogP contribution is -2.30. The van der Waals surface area contributed by atoms with Crippen LogP contribution >= 0.6 is 0 Å². The normalized spacial score (nSPS) is 16.4. The largest absolute Gasteiger partial charge is 0.492 e. The zero-order valence-corrected chi connectivity index (χ0v) is 19.3. The summed E-state index contributed by atoms with van der Waals surface area (Å²) in [5.74, 6) is 0.145. The minimum absolute atomic E-state index is 0.123. The van der Waals surface area contributed by atoms with E-state index >= 15 is 0 Å². The minimum atomic E-state index is -4.06. The molecule has 0 unspecified atom stereocenters. The fourth-order valence-corrected chi connectivity index (χ4v) is 4.76. The fourth-order valence-electron chi connectivity index (χ4n) is 4.17. The van der Waals surface area contributed by atoms with Crippen molar-refractivity contribution in [3.63, 3.8) is 0 Å². The Bertz CT molecular complexity index is 1000. The Morgan fingerprint density at radius 1 is 0.656 bits per heavy atom. The van der Waals surface area contributed by atoms with Gasteiger partial charge in [-0.05, 0) is 48.2 Å². The van der Waals surface area contributed by atoms with E-state index in [4.69, 9.17) is 18.6 Å². The highest BCUT2D eigenvalue weighted by molar-refractivity contribution is 7.86. The van der Waals surface area contributed by atoms with Gasteiger partial charge in [-0.1, -0.05) is 43.5 Å². The van der Waals surface area contributed by atoms with Gasteiger partial charge in [0.1, 0.15) is 36.2 Å². The summed E-state index contributed by atoms with van der Waals surface area (Å²) in [6.45, 7) is -0.245. The molecule has 0 spiro atoms. The van der Waals surface area contributed by atoms with Gasteiger partial charge < -0.3 is 9.47 Å². The second-order valence-electron chi connectivity index (χ2n) is 7.96. The van der Waals surface area contributed by atoms with E-state index in [9.17, 15) is 16.8 Å². The molecule has 2 aromatic rings. The van der Waals surface area contributed by atoms with Crippen LogP contribution in [0.1, 0.15) is 43.2 Å². The van der Waals surface area contributed by atoms with Gasteiger partial charge >= 0.3 is 0 Å². The van der Waals surface area contributed by atoms with Crippen molar-refractivity contribution >= 4 is 20.2 Å². The van der Waals surface area contributed by atoms with Crippen LogP contribution in [0.4, 0.5) is 0 Å². The standard InChI is InChI=1S/C22H28O8S2/c23-31(24,25)16-14-29-20-8-4-18(5-9-20)22(12-2-1-3-13-22)19-6-10-21(11-7-19)30-15-17-32(26,27)28/h4-11H,1-3,12-17H2,(H,23,24,25)(H,26,27,28). The minimum Gasteiger partial charge on any atom is -0.492 e. The SMILES string of the molecule is O=S(=O)(O)CCOc1ccc(C2(c3ccc(OCCS(=O)(=O)O)cc3)CCCCC2)cc1. The van der Waals surface area contributed by atoms with E-state index in [0.717, 1.165) is 36.8 Å². The third-order valence-corrected chi connectivity index (χ3v) is 7.11. The predicted molar refractivity (Wildman–Crippen MR) is 121 cm³/mol. The zero-order chi connectivity index (χ0) is 23.2. The number of ether oxygens (including phenoxy) is 2. The third-order valence-electron chi connectivity index (χ3n) is 5.74. The molecule has 8 nitrogen and oxygen atoms in total. The van der Waals surface area contributed by atoms with Gasteiger partial charge in [0.05, 0.1) is 0 Å². The number of benzene rings is 2. The monoisotopic (exact) mass is 484 g/mol. The average molecular weight is 485 g/mol. The van der Waals surface area contributed by atoms with Crippen molar-refractivity contribution in [1.82, 2.24) is 0 Å². The Morgan fingerprint density at radius 3 is 1.38 bits per heavy atom. The molecule has 0 amide bonds. The second-order valence-corrected chi connectivity index (χ2v) is 11.1. The van der Waals surface area contributed by atoms with E-state index in [1.807, 2.05) is 48.5 Å². The molecule has 0 heterocycles. The van der Waals surface area contributed by atoms with Gasteiger partial charge in [-0.3, -0.25) is 9.11 Å². The van der Waals surface area contributed by atoms with Crippen LogP contribution in [-0.4, -0.2) is 50.7 Å². The molecule has 1 aliphatic carbocycles. The lowest BCUT2D eigenvalue weighted by atomic mass is 9.65. The van der Waals surface area contributed by atoms with E-state index in [2.05, 4.69) is 0 Å². The van der Waals surface area contributed by atoms with Gasteiger partial charge in [0.15, 0.2) is 0 Å². The van der Waals surface area contributed by atoms with Crippen molar-refractivity contribution in [3.05, 3.63) is 59.7 Å². The summed E-state index contributed by atoms with van der Waals surface area (Å²) in [4.78, 5) is 0. The summed E-state index contributed by atoms with van der Waals surface area (Å²) in [5, 5.41) is 0. The van der Waals surface area contributed by atoms with Crippen LogP contribution in [0.25, 0.3) is 0 Å². The topological polar surface area (TPSA) is 127 Å². The highest BCUT2D eigenvalue weighted by Gasteiger charge is 2.35. The molecule has 3 rings (SSSR count). The fraction of sp³-hybridized carbons (Fsp3) is 0.455. The molecular formula is C22H28O8S2. The smallest absolute Gasteiger partial charge is 0.268 e. The van der Waals surface area contributed by atoms with Crippen LogP contribution in [0.15, 0.2) is 48.5 Å². The summed E-state index contributed by atoms with van der Waals surface area (Å²) >= 11 is 0. The molecule has 1 aliphatic rings. The zero-order valence-electron chi connectivity index (χ0n) is 17.6. The molecular weight excluding hydrogens is 456 g/mol. The lowest BCUT2D eigenvalue weighted by Gasteiger charge is -2.38. The third kappa shape index (κ3) is 6.93. The number of hydrogen-bond acceptors (Lipinski definition) is 6. The highest BCUT2D eigenvalue weighted by Crippen LogP contribution is 2.45. The van der Waals surface area contributed by atoms with Crippen LogP contribution in [0, 0.1) is 0 Å². The molecule has 0 aliphatic heterocycles. The Balaban J connectivity index is 1.75. The van der Waals surface area contributed by atoms with Gasteiger partial charge in [0, 0.05) is 5.41 Å². The molecule has 10 heteroatoms. The first-order chi connectivity index (χ1) is 15.1. The molecule has 0 atom stereocenters. The Hall–Kier alpha value is -2.14. The van der Waals surface area contributed by atoms with Crippen molar-refractivity contribution in [2.75, 3.05) is 24.7 Å². The molecule has 0 saturated heterocycles. The van der Waals surface area contributed by atoms with Crippen LogP contribution in [0.2, 0.25) is 0 Å². The van der Waals surface area contributed by atoms with Gasteiger partial charge in [0.2, 0.25) is 0 Å². The summed E-state index contributed by atoms with van der Waals surface area (Å²) in [6.07, 6.45) is 5.34. The van der Waals surface area contributed by atoms with Crippen molar-refractivity contribution in [2.24, 2.45) is 0 Å². The first-order valence-electron chi connectivity index (χ1n) is 10.4. The quantitative estimate of drug-likeness (QED) is 0.491. The molecule has 2 aromatic carbocycles. The molecule has 0 bridgehead atoms. The van der Waals surface area contributed by atoms with E-state index in [1.54, 1.807) is 0 Å². The van der Waals surface area contributed by atoms with Crippen molar-refractivity contribution in [1.29, 1.82) is 0 Å². The average Bonchev–Trinajstić information content (AvgIpc) is 2.73. The first kappa shape index (κ1) is 24.5. The van der Waals surface area contributed by atoms with E-state index in [-0.39, 0.29) is 18.6 Å². The summed E-state index contributed by atoms with van der Waals surface area (Å²) in [5.41, 5.74) is 2.11. The highest BCUT2D eigenvalue weighted by atomic mass is 32.2. The van der Waals surface area contributed by atoms with Gasteiger partial charge in [-0.2, -0.15) is 16.8 Å². The first-order valence-corrected chi connectivity index (χ1v) is 13.7. The van der Waals surface area contributed by atoms with Gasteiger partial charge in [0.25, 0.3) is 20.2 Å². The number of hydrogen-bond donors (Lipinski definition) is 2. The summed E-state index contributed by atoms with van der Waals surface area (Å²) < 4.78 is 71.8. The van der Waals surface area contributed by atoms with Crippen LogP contribution in [-0.2, 0) is 25.7 Å². The van der Waals surface area contributed by atoms with Crippen molar-refractivity contribution in [3.8, 4) is 11.5 Å². The molecule has 32 heavy (non-hydrogen) atoms. The van der Waals surface area contributed by atoms with Gasteiger partial charge in [-0.15, -0.1) is 0 Å². The van der Waals surface area contributed by atoms with E-state index in [1.165, 1.54) is 6.42 Å². The molecule has 2 N–H and O–H groups in total. The Labute approximate surface area is 189 Å². The summed E-state index contributed by atoms with van der Waals surface area (Å²) in [7, 11) is -8.12. The number of rotatable bonds is 10. The predicted octanol–water partition coefficient (Wildman–Crippen LogP) is 3.47. The molecule has 1 fully saturated rings. The maximum absolute atomic E-state index is 10.8. The Morgan fingerprint density at radius 2 is 1.03 bits per heavy atom. The second kappa shape index (κ2) is 10.2. The maximum atomic E-state index is 10.8.